The molecule has 0 saturated carbocycles. The summed E-state index contributed by atoms with van der Waals surface area (Å²) in [5.41, 5.74) is 0.471. The minimum atomic E-state index is -3.60. The second kappa shape index (κ2) is 7.18. The number of aromatic nitrogens is 1. The molecule has 0 aromatic carbocycles. The Morgan fingerprint density at radius 1 is 1.57 bits per heavy atom. The Kier molecular flexibility index (Phi) is 5.85. The highest BCUT2D eigenvalue weighted by Crippen LogP contribution is 2.22. The lowest BCUT2D eigenvalue weighted by molar-refractivity contribution is -0.485. The van der Waals surface area contributed by atoms with Crippen LogP contribution in [-0.4, -0.2) is 37.3 Å². The molecular formula is C10H14ClN5O4S. The first-order chi connectivity index (χ1) is 9.76. The van der Waals surface area contributed by atoms with Crippen LogP contribution in [0.25, 0.3) is 0 Å². The summed E-state index contributed by atoms with van der Waals surface area (Å²) >= 11 is 5.64. The van der Waals surface area contributed by atoms with E-state index in [0.29, 0.717) is 5.56 Å². The van der Waals surface area contributed by atoms with E-state index in [1.54, 1.807) is 6.07 Å². The van der Waals surface area contributed by atoms with E-state index in [1.807, 2.05) is 0 Å². The first-order valence-electron chi connectivity index (χ1n) is 5.74. The molecule has 1 unspecified atom stereocenters. The maximum atomic E-state index is 12.1. The van der Waals surface area contributed by atoms with E-state index in [9.17, 15) is 18.5 Å². The monoisotopic (exact) mass is 335 g/mol. The van der Waals surface area contributed by atoms with Gasteiger partial charge in [0.15, 0.2) is 14.9 Å². The highest BCUT2D eigenvalue weighted by molar-refractivity contribution is 7.91. The fraction of sp³-hybridized carbons (Fsp3) is 0.400. The van der Waals surface area contributed by atoms with E-state index in [-0.39, 0.29) is 11.1 Å². The van der Waals surface area contributed by atoms with Gasteiger partial charge in [0.1, 0.15) is 16.1 Å². The molecule has 0 spiro atoms. The molecular weight excluding hydrogens is 322 g/mol. The third kappa shape index (κ3) is 5.16. The predicted octanol–water partition coefficient (Wildman–Crippen LogP) is 0.525. The number of nitro groups is 1. The first-order valence-corrected chi connectivity index (χ1v) is 7.83. The van der Waals surface area contributed by atoms with Crippen molar-refractivity contribution in [2.45, 2.75) is 12.2 Å². The van der Waals surface area contributed by atoms with Crippen LogP contribution in [0.1, 0.15) is 17.7 Å². The fourth-order valence-electron chi connectivity index (χ4n) is 1.38. The molecule has 11 heteroatoms. The maximum Gasteiger partial charge on any atom is 0.269 e. The summed E-state index contributed by atoms with van der Waals surface area (Å²) < 4.78 is 24.3. The quantitative estimate of drug-likeness (QED) is 0.264. The van der Waals surface area contributed by atoms with E-state index < -0.39 is 26.0 Å². The smallest absolute Gasteiger partial charge is 0.269 e. The molecule has 1 rings (SSSR count). The molecule has 0 aliphatic rings. The number of hydrazone groups is 1. The van der Waals surface area contributed by atoms with Gasteiger partial charge in [-0.15, -0.1) is 0 Å². The van der Waals surface area contributed by atoms with Gasteiger partial charge in [0, 0.05) is 13.2 Å². The molecule has 1 aromatic rings. The minimum absolute atomic E-state index is 0.245. The van der Waals surface area contributed by atoms with Gasteiger partial charge in [0.05, 0.1) is 5.25 Å². The predicted molar refractivity (Wildman–Crippen MR) is 78.1 cm³/mol. The van der Waals surface area contributed by atoms with Crippen LogP contribution in [0.5, 0.6) is 0 Å². The van der Waals surface area contributed by atoms with Crippen LogP contribution in [0, 0.1) is 10.1 Å². The number of sulfone groups is 1. The van der Waals surface area contributed by atoms with Crippen molar-refractivity contribution >= 4 is 27.4 Å². The first kappa shape index (κ1) is 17.1. The van der Waals surface area contributed by atoms with Crippen LogP contribution in [-0.2, 0) is 9.84 Å². The molecule has 1 atom stereocenters. The van der Waals surface area contributed by atoms with Crippen molar-refractivity contribution in [3.63, 3.8) is 0 Å². The van der Waals surface area contributed by atoms with Crippen molar-refractivity contribution in [1.29, 1.82) is 0 Å². The highest BCUT2D eigenvalue weighted by atomic mass is 35.5. The Morgan fingerprint density at radius 2 is 2.24 bits per heavy atom. The lowest BCUT2D eigenvalue weighted by atomic mass is 10.2. The van der Waals surface area contributed by atoms with Gasteiger partial charge in [0.25, 0.3) is 5.96 Å². The molecule has 0 saturated heterocycles. The third-order valence-corrected chi connectivity index (χ3v) is 4.74. The number of hydrogen-bond acceptors (Lipinski definition) is 5. The zero-order chi connectivity index (χ0) is 16.0. The zero-order valence-electron chi connectivity index (χ0n) is 11.3. The van der Waals surface area contributed by atoms with Crippen molar-refractivity contribution in [1.82, 2.24) is 15.6 Å². The van der Waals surface area contributed by atoms with Gasteiger partial charge in [-0.2, -0.15) is 0 Å². The third-order valence-electron chi connectivity index (χ3n) is 2.62. The zero-order valence-corrected chi connectivity index (χ0v) is 12.8. The van der Waals surface area contributed by atoms with E-state index in [4.69, 9.17) is 11.6 Å². The number of rotatable bonds is 5. The van der Waals surface area contributed by atoms with Crippen LogP contribution in [0.2, 0.25) is 5.15 Å². The average Bonchev–Trinajstić information content (AvgIpc) is 2.43. The molecule has 116 valence electrons. The Morgan fingerprint density at radius 3 is 2.71 bits per heavy atom. The van der Waals surface area contributed by atoms with Crippen molar-refractivity contribution in [2.75, 3.05) is 12.9 Å². The number of nitrogens with one attached hydrogen (secondary N) is 2. The number of halogens is 1. The van der Waals surface area contributed by atoms with Crippen molar-refractivity contribution < 1.29 is 13.5 Å². The Bertz CT molecular complexity index is 631. The molecule has 21 heavy (non-hydrogen) atoms. The molecule has 0 aliphatic carbocycles. The van der Waals surface area contributed by atoms with Crippen LogP contribution >= 0.6 is 11.6 Å². The van der Waals surface area contributed by atoms with Gasteiger partial charge in [-0.25, -0.2) is 23.5 Å². The summed E-state index contributed by atoms with van der Waals surface area (Å²) in [5, 5.41) is 16.5. The molecule has 0 aliphatic heterocycles. The standard InChI is InChI=1S/C10H14ClN5O4S/c1-7(8-3-4-9(11)13-5-8)21(19,20)6-14-10(12-2)15-16(17)18/h3-5,7H,6H2,1-2H3,(H2,12,14,15). The van der Waals surface area contributed by atoms with Gasteiger partial charge >= 0.3 is 0 Å². The van der Waals surface area contributed by atoms with Crippen molar-refractivity contribution in [2.24, 2.45) is 5.10 Å². The van der Waals surface area contributed by atoms with E-state index >= 15 is 0 Å². The second-order valence-corrected chi connectivity index (χ2v) is 6.69. The van der Waals surface area contributed by atoms with Crippen molar-refractivity contribution in [3.8, 4) is 0 Å². The SMILES string of the molecule is CNC(=N[N+](=O)[O-])NCS(=O)(=O)C(C)c1ccc(Cl)nc1. The molecule has 0 amide bonds. The minimum Gasteiger partial charge on any atom is -0.354 e. The average molecular weight is 336 g/mol. The number of hydrogen-bond donors (Lipinski definition) is 2. The van der Waals surface area contributed by atoms with Crippen molar-refractivity contribution in [3.05, 3.63) is 39.2 Å². The topological polar surface area (TPSA) is 127 Å². The number of pyridine rings is 1. The molecule has 1 heterocycles. The normalized spacial score (nSPS) is 13.6. The van der Waals surface area contributed by atoms with Gasteiger partial charge < -0.3 is 10.6 Å². The molecule has 9 nitrogen and oxygen atoms in total. The number of guanidine groups is 1. The van der Waals surface area contributed by atoms with Crippen LogP contribution in [0.15, 0.2) is 23.4 Å². The molecule has 1 aromatic heterocycles. The molecule has 0 fully saturated rings. The molecule has 0 bridgehead atoms. The van der Waals surface area contributed by atoms with Gasteiger partial charge in [0.2, 0.25) is 0 Å². The maximum absolute atomic E-state index is 12.1. The Balaban J connectivity index is 2.81. The highest BCUT2D eigenvalue weighted by Gasteiger charge is 2.23. The summed E-state index contributed by atoms with van der Waals surface area (Å²) in [7, 11) is -2.22. The largest absolute Gasteiger partial charge is 0.354 e. The van der Waals surface area contributed by atoms with Crippen LogP contribution in [0.3, 0.4) is 0 Å². The summed E-state index contributed by atoms with van der Waals surface area (Å²) in [6.45, 7) is 1.49. The Labute approximate surface area is 126 Å². The lowest BCUT2D eigenvalue weighted by Crippen LogP contribution is -2.39. The van der Waals surface area contributed by atoms with E-state index in [0.717, 1.165) is 0 Å². The summed E-state index contributed by atoms with van der Waals surface area (Å²) in [6.07, 6.45) is 1.37. The summed E-state index contributed by atoms with van der Waals surface area (Å²) in [6, 6.07) is 3.05. The van der Waals surface area contributed by atoms with E-state index in [1.165, 1.54) is 26.2 Å². The molecule has 2 N–H and O–H groups in total. The lowest BCUT2D eigenvalue weighted by Gasteiger charge is -2.14. The summed E-state index contributed by atoms with van der Waals surface area (Å²) in [5.74, 6) is -0.755. The van der Waals surface area contributed by atoms with Gasteiger partial charge in [-0.3, -0.25) is 0 Å². The van der Waals surface area contributed by atoms with E-state index in [2.05, 4.69) is 20.7 Å². The fourth-order valence-corrected chi connectivity index (χ4v) is 2.64. The van der Waals surface area contributed by atoms with Gasteiger partial charge in [-0.05, 0) is 18.6 Å². The summed E-state index contributed by atoms with van der Waals surface area (Å²) in [4.78, 5) is 14.1. The number of nitrogens with zero attached hydrogens (tertiary/aromatic N) is 3. The van der Waals surface area contributed by atoms with Crippen LogP contribution < -0.4 is 10.6 Å². The van der Waals surface area contributed by atoms with Gasteiger partial charge in [-0.1, -0.05) is 17.7 Å². The Hall–Kier alpha value is -1.94. The van der Waals surface area contributed by atoms with Crippen LogP contribution in [0.4, 0.5) is 0 Å². The molecule has 0 radical (unpaired) electrons. The second-order valence-electron chi connectivity index (χ2n) is 3.98.